The maximum atomic E-state index is 11.9. The fourth-order valence-corrected chi connectivity index (χ4v) is 2.93. The second-order valence-corrected chi connectivity index (χ2v) is 7.79. The van der Waals surface area contributed by atoms with Crippen LogP contribution in [-0.2, 0) is 16.1 Å². The number of carboxylic acids is 1. The molecule has 9 heteroatoms. The summed E-state index contributed by atoms with van der Waals surface area (Å²) < 4.78 is 6.97. The van der Waals surface area contributed by atoms with Crippen LogP contribution >= 0.6 is 23.2 Å². The van der Waals surface area contributed by atoms with Gasteiger partial charge in [-0.2, -0.15) is 0 Å². The minimum atomic E-state index is -1.09. The molecule has 1 heterocycles. The van der Waals surface area contributed by atoms with Crippen LogP contribution in [0.4, 0.5) is 10.5 Å². The summed E-state index contributed by atoms with van der Waals surface area (Å²) in [6.07, 6.45) is 1.81. The molecule has 0 fully saturated rings. The van der Waals surface area contributed by atoms with Crippen molar-refractivity contribution in [2.45, 2.75) is 39.8 Å². The summed E-state index contributed by atoms with van der Waals surface area (Å²) in [5.74, 6) is -0.473. The van der Waals surface area contributed by atoms with Crippen molar-refractivity contribution in [2.24, 2.45) is 0 Å². The lowest BCUT2D eigenvalue weighted by Gasteiger charge is -2.20. The first-order valence-electron chi connectivity index (χ1n) is 8.38. The van der Waals surface area contributed by atoms with E-state index in [9.17, 15) is 9.59 Å². The monoisotopic (exact) mass is 425 g/mol. The maximum absolute atomic E-state index is 11.9. The average Bonchev–Trinajstić information content (AvgIpc) is 2.79. The van der Waals surface area contributed by atoms with E-state index >= 15 is 0 Å². The number of nitrogens with zero attached hydrogens (tertiary/aromatic N) is 2. The molecule has 0 bridgehead atoms. The first kappa shape index (κ1) is 21.8. The van der Waals surface area contributed by atoms with Crippen LogP contribution in [-0.4, -0.2) is 32.3 Å². The Kier molecular flexibility index (Phi) is 6.74. The summed E-state index contributed by atoms with van der Waals surface area (Å²) in [7, 11) is 0. The zero-order valence-corrected chi connectivity index (χ0v) is 17.4. The Hall–Kier alpha value is -2.51. The number of halogens is 2. The molecule has 150 valence electrons. The lowest BCUT2D eigenvalue weighted by Crippen LogP contribution is -2.27. The molecule has 0 radical (unpaired) electrons. The van der Waals surface area contributed by atoms with Crippen LogP contribution in [0.3, 0.4) is 0 Å². The van der Waals surface area contributed by atoms with E-state index in [4.69, 9.17) is 33.0 Å². The summed E-state index contributed by atoms with van der Waals surface area (Å²) in [5, 5.41) is 12.1. The quantitative estimate of drug-likeness (QED) is 0.657. The van der Waals surface area contributed by atoms with Crippen LogP contribution in [0.25, 0.3) is 6.08 Å². The Bertz CT molecular complexity index is 930. The van der Waals surface area contributed by atoms with Crippen molar-refractivity contribution in [1.29, 1.82) is 0 Å². The molecule has 0 aliphatic heterocycles. The van der Waals surface area contributed by atoms with E-state index < -0.39 is 17.7 Å². The highest BCUT2D eigenvalue weighted by Crippen LogP contribution is 2.26. The first-order valence-corrected chi connectivity index (χ1v) is 9.14. The molecular formula is C19H21Cl2N3O4. The SMILES string of the molecule is Cc1nc(Cl)c(C=CC(=O)O)n1Cc1ccc(NC(=O)OC(C)(C)C)cc1Cl. The molecule has 0 aliphatic rings. The van der Waals surface area contributed by atoms with E-state index in [2.05, 4.69) is 10.3 Å². The number of amides is 1. The molecule has 1 amide bonds. The predicted molar refractivity (Wildman–Crippen MR) is 109 cm³/mol. The summed E-state index contributed by atoms with van der Waals surface area (Å²) in [5.41, 5.74) is 1.10. The van der Waals surface area contributed by atoms with Crippen molar-refractivity contribution in [3.8, 4) is 0 Å². The van der Waals surface area contributed by atoms with Crippen molar-refractivity contribution in [2.75, 3.05) is 5.32 Å². The number of nitrogens with one attached hydrogen (secondary N) is 1. The van der Waals surface area contributed by atoms with Gasteiger partial charge in [-0.3, -0.25) is 5.32 Å². The van der Waals surface area contributed by atoms with Crippen molar-refractivity contribution in [3.63, 3.8) is 0 Å². The normalized spacial score (nSPS) is 11.6. The minimum Gasteiger partial charge on any atom is -0.478 e. The average molecular weight is 426 g/mol. The largest absolute Gasteiger partial charge is 0.478 e. The molecular weight excluding hydrogens is 405 g/mol. The number of rotatable bonds is 5. The van der Waals surface area contributed by atoms with Gasteiger partial charge in [0, 0.05) is 16.8 Å². The zero-order chi connectivity index (χ0) is 21.1. The van der Waals surface area contributed by atoms with Crippen LogP contribution in [0, 0.1) is 6.92 Å². The molecule has 7 nitrogen and oxygen atoms in total. The number of hydrogen-bond donors (Lipinski definition) is 2. The minimum absolute atomic E-state index is 0.203. The van der Waals surface area contributed by atoms with Gasteiger partial charge >= 0.3 is 12.1 Å². The Morgan fingerprint density at radius 3 is 2.57 bits per heavy atom. The smallest absolute Gasteiger partial charge is 0.412 e. The van der Waals surface area contributed by atoms with Crippen LogP contribution < -0.4 is 5.32 Å². The highest BCUT2D eigenvalue weighted by Gasteiger charge is 2.17. The van der Waals surface area contributed by atoms with Crippen molar-refractivity contribution in [1.82, 2.24) is 9.55 Å². The number of aromatic nitrogens is 2. The van der Waals surface area contributed by atoms with E-state index in [0.717, 1.165) is 11.6 Å². The number of aliphatic carboxylic acids is 1. The number of benzene rings is 1. The first-order chi connectivity index (χ1) is 13.0. The number of anilines is 1. The van der Waals surface area contributed by atoms with Gasteiger partial charge in [0.05, 0.1) is 12.2 Å². The second kappa shape index (κ2) is 8.67. The number of carbonyl (C=O) groups is 2. The molecule has 1 aromatic heterocycles. The van der Waals surface area contributed by atoms with Crippen LogP contribution in [0.5, 0.6) is 0 Å². The predicted octanol–water partition coefficient (Wildman–Crippen LogP) is 4.99. The van der Waals surface area contributed by atoms with Gasteiger partial charge in [0.1, 0.15) is 11.4 Å². The van der Waals surface area contributed by atoms with Gasteiger partial charge in [-0.25, -0.2) is 14.6 Å². The number of ether oxygens (including phenoxy) is 1. The highest BCUT2D eigenvalue weighted by molar-refractivity contribution is 6.32. The Morgan fingerprint density at radius 1 is 1.32 bits per heavy atom. The molecule has 2 aromatic rings. The lowest BCUT2D eigenvalue weighted by atomic mass is 10.2. The summed E-state index contributed by atoms with van der Waals surface area (Å²) >= 11 is 12.5. The van der Waals surface area contributed by atoms with Gasteiger partial charge in [-0.15, -0.1) is 0 Å². The van der Waals surface area contributed by atoms with Crippen LogP contribution in [0.1, 0.15) is 37.9 Å². The highest BCUT2D eigenvalue weighted by atomic mass is 35.5. The standard InChI is InChI=1S/C19H21Cl2N3O4/c1-11-22-17(21)15(7-8-16(25)26)24(11)10-12-5-6-13(9-14(12)20)23-18(27)28-19(2,3)4/h5-9H,10H2,1-4H3,(H,23,27)(H,25,26). The van der Waals surface area contributed by atoms with Crippen molar-refractivity contribution >= 4 is 47.0 Å². The number of hydrogen-bond acceptors (Lipinski definition) is 4. The van der Waals surface area contributed by atoms with Gasteiger partial charge in [0.15, 0.2) is 5.15 Å². The molecule has 0 atom stereocenters. The number of carboxylic acid groups (broad SMARTS) is 1. The van der Waals surface area contributed by atoms with E-state index in [1.54, 1.807) is 50.5 Å². The Balaban J connectivity index is 2.22. The van der Waals surface area contributed by atoms with E-state index in [1.807, 2.05) is 0 Å². The topological polar surface area (TPSA) is 93.5 Å². The molecule has 0 aliphatic carbocycles. The van der Waals surface area contributed by atoms with E-state index in [0.29, 0.717) is 28.8 Å². The zero-order valence-electron chi connectivity index (χ0n) is 15.9. The third-order valence-electron chi connectivity index (χ3n) is 3.56. The van der Waals surface area contributed by atoms with E-state index in [-0.39, 0.29) is 5.15 Å². The van der Waals surface area contributed by atoms with Gasteiger partial charge in [-0.05, 0) is 51.5 Å². The molecule has 2 N–H and O–H groups in total. The third kappa shape index (κ3) is 6.00. The summed E-state index contributed by atoms with van der Waals surface area (Å²) in [6.45, 7) is 7.42. The Labute approximate surface area is 172 Å². The Morgan fingerprint density at radius 2 is 2.00 bits per heavy atom. The van der Waals surface area contributed by atoms with E-state index in [1.165, 1.54) is 6.08 Å². The maximum Gasteiger partial charge on any atom is 0.412 e. The summed E-state index contributed by atoms with van der Waals surface area (Å²) in [6, 6.07) is 5.07. The lowest BCUT2D eigenvalue weighted by molar-refractivity contribution is -0.131. The van der Waals surface area contributed by atoms with Gasteiger partial charge < -0.3 is 14.4 Å². The van der Waals surface area contributed by atoms with Crippen LogP contribution in [0.15, 0.2) is 24.3 Å². The molecule has 1 aromatic carbocycles. The molecule has 0 saturated carbocycles. The van der Waals surface area contributed by atoms with Gasteiger partial charge in [0.25, 0.3) is 0 Å². The molecule has 0 spiro atoms. The third-order valence-corrected chi connectivity index (χ3v) is 4.19. The number of imidazole rings is 1. The second-order valence-electron chi connectivity index (χ2n) is 7.03. The van der Waals surface area contributed by atoms with Gasteiger partial charge in [-0.1, -0.05) is 29.3 Å². The molecule has 2 rings (SSSR count). The summed E-state index contributed by atoms with van der Waals surface area (Å²) in [4.78, 5) is 26.9. The van der Waals surface area contributed by atoms with Crippen molar-refractivity contribution in [3.05, 3.63) is 51.5 Å². The van der Waals surface area contributed by atoms with Crippen molar-refractivity contribution < 1.29 is 19.4 Å². The molecule has 28 heavy (non-hydrogen) atoms. The molecule has 0 unspecified atom stereocenters. The fraction of sp³-hybridized carbons (Fsp3) is 0.316. The molecule has 0 saturated heterocycles. The van der Waals surface area contributed by atoms with Gasteiger partial charge in [0.2, 0.25) is 0 Å². The number of carbonyl (C=O) groups excluding carboxylic acids is 1. The fourth-order valence-electron chi connectivity index (χ4n) is 2.40. The number of aryl methyl sites for hydroxylation is 1. The van der Waals surface area contributed by atoms with Crippen LogP contribution in [0.2, 0.25) is 10.2 Å².